The maximum absolute atomic E-state index is 6.00. The first-order chi connectivity index (χ1) is 11.1. The van der Waals surface area contributed by atoms with E-state index in [2.05, 4.69) is 4.99 Å². The van der Waals surface area contributed by atoms with Crippen LogP contribution >= 0.6 is 35.0 Å². The lowest BCUT2D eigenvalue weighted by Crippen LogP contribution is -2.15. The van der Waals surface area contributed by atoms with Crippen molar-refractivity contribution >= 4 is 45.8 Å². The molecule has 7 heteroatoms. The molecule has 1 aliphatic rings. The van der Waals surface area contributed by atoms with Crippen molar-refractivity contribution in [2.24, 2.45) is 10.7 Å². The SMILES string of the molecule is NC(=Nc1ccc2c(c1)OCCO2)SCc1ccc(Cl)c(Cl)c1. The minimum absolute atomic E-state index is 0.466. The minimum atomic E-state index is 0.466. The summed E-state index contributed by atoms with van der Waals surface area (Å²) in [5.74, 6) is 2.09. The van der Waals surface area contributed by atoms with Gasteiger partial charge in [-0.3, -0.25) is 0 Å². The van der Waals surface area contributed by atoms with Gasteiger partial charge in [-0.2, -0.15) is 0 Å². The zero-order chi connectivity index (χ0) is 16.2. The Kier molecular flexibility index (Phi) is 5.20. The third-order valence-corrected chi connectivity index (χ3v) is 4.74. The van der Waals surface area contributed by atoms with E-state index < -0.39 is 0 Å². The highest BCUT2D eigenvalue weighted by Crippen LogP contribution is 2.34. The molecule has 120 valence electrons. The molecule has 2 aromatic rings. The van der Waals surface area contributed by atoms with Gasteiger partial charge in [0.15, 0.2) is 16.7 Å². The summed E-state index contributed by atoms with van der Waals surface area (Å²) in [5, 5.41) is 1.54. The highest BCUT2D eigenvalue weighted by Gasteiger charge is 2.11. The number of fused-ring (bicyclic) bond motifs is 1. The summed E-state index contributed by atoms with van der Waals surface area (Å²) in [6, 6.07) is 11.0. The number of ether oxygens (including phenoxy) is 2. The van der Waals surface area contributed by atoms with E-state index in [9.17, 15) is 0 Å². The summed E-state index contributed by atoms with van der Waals surface area (Å²) in [7, 11) is 0. The predicted octanol–water partition coefficient (Wildman–Crippen LogP) is 4.64. The largest absolute Gasteiger partial charge is 0.486 e. The second-order valence-electron chi connectivity index (χ2n) is 4.82. The van der Waals surface area contributed by atoms with Crippen molar-refractivity contribution in [1.82, 2.24) is 0 Å². The molecule has 0 radical (unpaired) electrons. The molecular weight excluding hydrogens is 355 g/mol. The van der Waals surface area contributed by atoms with E-state index in [1.54, 1.807) is 6.07 Å². The average Bonchev–Trinajstić information content (AvgIpc) is 2.56. The fraction of sp³-hybridized carbons (Fsp3) is 0.188. The van der Waals surface area contributed by atoms with Crippen LogP contribution < -0.4 is 15.2 Å². The van der Waals surface area contributed by atoms with Crippen LogP contribution in [0.1, 0.15) is 5.56 Å². The van der Waals surface area contributed by atoms with Crippen molar-refractivity contribution in [2.45, 2.75) is 5.75 Å². The molecule has 0 fully saturated rings. The standard InChI is InChI=1S/C16H14Cl2N2O2S/c17-12-3-1-10(7-13(12)18)9-23-16(19)20-11-2-4-14-15(8-11)22-6-5-21-14/h1-4,7-8H,5-6,9H2,(H2,19,20). The first-order valence-electron chi connectivity index (χ1n) is 6.92. The number of rotatable bonds is 3. The fourth-order valence-electron chi connectivity index (χ4n) is 2.05. The Balaban J connectivity index is 1.66. The second-order valence-corrected chi connectivity index (χ2v) is 6.63. The highest BCUT2D eigenvalue weighted by atomic mass is 35.5. The first-order valence-corrected chi connectivity index (χ1v) is 8.66. The third-order valence-electron chi connectivity index (χ3n) is 3.14. The Hall–Kier alpha value is -1.56. The van der Waals surface area contributed by atoms with Crippen LogP contribution in [0, 0.1) is 0 Å². The van der Waals surface area contributed by atoms with E-state index in [4.69, 9.17) is 38.4 Å². The van der Waals surface area contributed by atoms with Gasteiger partial charge < -0.3 is 15.2 Å². The lowest BCUT2D eigenvalue weighted by atomic mass is 10.2. The molecule has 3 rings (SSSR count). The van der Waals surface area contributed by atoms with Crippen molar-refractivity contribution < 1.29 is 9.47 Å². The van der Waals surface area contributed by atoms with Crippen LogP contribution in [0.2, 0.25) is 10.0 Å². The normalized spacial score (nSPS) is 13.9. The zero-order valence-corrected chi connectivity index (χ0v) is 14.4. The number of hydrogen-bond acceptors (Lipinski definition) is 4. The molecule has 1 heterocycles. The number of aliphatic imine (C=N–C) groups is 1. The Morgan fingerprint density at radius 3 is 2.61 bits per heavy atom. The predicted molar refractivity (Wildman–Crippen MR) is 96.5 cm³/mol. The molecule has 2 N–H and O–H groups in total. The average molecular weight is 369 g/mol. The molecule has 0 aromatic heterocycles. The van der Waals surface area contributed by atoms with Gasteiger partial charge in [0.25, 0.3) is 0 Å². The molecular formula is C16H14Cl2N2O2S. The molecule has 0 spiro atoms. The number of hydrogen-bond donors (Lipinski definition) is 1. The Bertz CT molecular complexity index is 753. The van der Waals surface area contributed by atoms with Crippen molar-refractivity contribution in [3.8, 4) is 11.5 Å². The number of halogens is 2. The van der Waals surface area contributed by atoms with Gasteiger partial charge in [0.1, 0.15) is 13.2 Å². The summed E-state index contributed by atoms with van der Waals surface area (Å²) in [6.07, 6.45) is 0. The summed E-state index contributed by atoms with van der Waals surface area (Å²) in [6.45, 7) is 1.11. The van der Waals surface area contributed by atoms with Crippen LogP contribution in [-0.2, 0) is 5.75 Å². The number of nitrogens with zero attached hydrogens (tertiary/aromatic N) is 1. The van der Waals surface area contributed by atoms with Crippen LogP contribution in [0.3, 0.4) is 0 Å². The molecule has 0 saturated carbocycles. The van der Waals surface area contributed by atoms with Crippen molar-refractivity contribution in [2.75, 3.05) is 13.2 Å². The number of thioether (sulfide) groups is 1. The summed E-state index contributed by atoms with van der Waals surface area (Å²) >= 11 is 13.3. The summed E-state index contributed by atoms with van der Waals surface area (Å²) in [5.41, 5.74) is 7.74. The topological polar surface area (TPSA) is 56.8 Å². The zero-order valence-electron chi connectivity index (χ0n) is 12.1. The van der Waals surface area contributed by atoms with E-state index in [1.165, 1.54) is 11.8 Å². The molecule has 0 saturated heterocycles. The molecule has 0 aliphatic carbocycles. The van der Waals surface area contributed by atoms with Crippen molar-refractivity contribution in [1.29, 1.82) is 0 Å². The van der Waals surface area contributed by atoms with Gasteiger partial charge in [-0.15, -0.1) is 0 Å². The molecule has 4 nitrogen and oxygen atoms in total. The Morgan fingerprint density at radius 1 is 1.04 bits per heavy atom. The van der Waals surface area contributed by atoms with E-state index >= 15 is 0 Å². The molecule has 0 amide bonds. The van der Waals surface area contributed by atoms with Crippen LogP contribution in [0.4, 0.5) is 5.69 Å². The molecule has 1 aliphatic heterocycles. The van der Waals surface area contributed by atoms with Gasteiger partial charge in [0, 0.05) is 11.8 Å². The Morgan fingerprint density at radius 2 is 1.83 bits per heavy atom. The second kappa shape index (κ2) is 7.34. The number of amidine groups is 1. The lowest BCUT2D eigenvalue weighted by molar-refractivity contribution is 0.171. The van der Waals surface area contributed by atoms with Gasteiger partial charge in [-0.25, -0.2) is 4.99 Å². The summed E-state index contributed by atoms with van der Waals surface area (Å²) in [4.78, 5) is 4.38. The first kappa shape index (κ1) is 16.3. The van der Waals surface area contributed by atoms with E-state index in [1.807, 2.05) is 30.3 Å². The minimum Gasteiger partial charge on any atom is -0.486 e. The van der Waals surface area contributed by atoms with Crippen LogP contribution in [-0.4, -0.2) is 18.4 Å². The molecule has 0 atom stereocenters. The molecule has 0 bridgehead atoms. The van der Waals surface area contributed by atoms with Crippen LogP contribution in [0.25, 0.3) is 0 Å². The van der Waals surface area contributed by atoms with Gasteiger partial charge in [-0.05, 0) is 29.8 Å². The molecule has 0 unspecified atom stereocenters. The van der Waals surface area contributed by atoms with E-state index in [-0.39, 0.29) is 0 Å². The van der Waals surface area contributed by atoms with Gasteiger partial charge >= 0.3 is 0 Å². The Labute approximate surface area is 148 Å². The van der Waals surface area contributed by atoms with Gasteiger partial charge in [0.2, 0.25) is 0 Å². The monoisotopic (exact) mass is 368 g/mol. The van der Waals surface area contributed by atoms with E-state index in [0.717, 1.165) is 17.0 Å². The smallest absolute Gasteiger partial charge is 0.163 e. The van der Waals surface area contributed by atoms with Crippen molar-refractivity contribution in [3.63, 3.8) is 0 Å². The summed E-state index contributed by atoms with van der Waals surface area (Å²) < 4.78 is 11.0. The number of nitrogens with two attached hydrogens (primary N) is 1. The van der Waals surface area contributed by atoms with Gasteiger partial charge in [-0.1, -0.05) is 41.0 Å². The molecule has 23 heavy (non-hydrogen) atoms. The highest BCUT2D eigenvalue weighted by molar-refractivity contribution is 8.13. The third kappa shape index (κ3) is 4.25. The lowest BCUT2D eigenvalue weighted by Gasteiger charge is -2.18. The van der Waals surface area contributed by atoms with Crippen LogP contribution in [0.5, 0.6) is 11.5 Å². The van der Waals surface area contributed by atoms with E-state index in [0.29, 0.717) is 39.9 Å². The number of benzene rings is 2. The molecule has 2 aromatic carbocycles. The van der Waals surface area contributed by atoms with Crippen molar-refractivity contribution in [3.05, 3.63) is 52.0 Å². The van der Waals surface area contributed by atoms with Gasteiger partial charge in [0.05, 0.1) is 15.7 Å². The quantitative estimate of drug-likeness (QED) is 0.632. The maximum atomic E-state index is 6.00. The van der Waals surface area contributed by atoms with Crippen LogP contribution in [0.15, 0.2) is 41.4 Å². The fourth-order valence-corrected chi connectivity index (χ4v) is 3.03. The maximum Gasteiger partial charge on any atom is 0.163 e.